The highest BCUT2D eigenvalue weighted by atomic mass is 35.5. The zero-order valence-electron chi connectivity index (χ0n) is 18.4. The van der Waals surface area contributed by atoms with Gasteiger partial charge in [-0.3, -0.25) is 14.3 Å². The molecule has 0 atom stereocenters. The Kier molecular flexibility index (Phi) is 7.46. The van der Waals surface area contributed by atoms with E-state index in [1.807, 2.05) is 26.0 Å². The van der Waals surface area contributed by atoms with Crippen LogP contribution in [0, 0.1) is 19.8 Å². The van der Waals surface area contributed by atoms with Gasteiger partial charge in [0.15, 0.2) is 0 Å². The van der Waals surface area contributed by atoms with Crippen LogP contribution in [0.25, 0.3) is 0 Å². The molecule has 1 heterocycles. The molecule has 0 bridgehead atoms. The summed E-state index contributed by atoms with van der Waals surface area (Å²) in [5.41, 5.74) is 2.47. The number of ether oxygens (including phenoxy) is 1. The van der Waals surface area contributed by atoms with Crippen molar-refractivity contribution in [2.24, 2.45) is 5.92 Å². The summed E-state index contributed by atoms with van der Waals surface area (Å²) >= 11 is 6.19. The molecule has 1 N–H and O–H groups in total. The fourth-order valence-corrected chi connectivity index (χ4v) is 5.39. The number of amides is 1. The molecule has 1 fully saturated rings. The number of sulfonamides is 1. The van der Waals surface area contributed by atoms with Crippen LogP contribution in [-0.4, -0.2) is 44.9 Å². The van der Waals surface area contributed by atoms with Gasteiger partial charge in [0.1, 0.15) is 4.90 Å². The average Bonchev–Trinajstić information content (AvgIpc) is 2.75. The van der Waals surface area contributed by atoms with E-state index in [0.717, 1.165) is 11.1 Å². The van der Waals surface area contributed by atoms with Gasteiger partial charge in [-0.25, -0.2) is 8.42 Å². The summed E-state index contributed by atoms with van der Waals surface area (Å²) in [6, 6.07) is 9.60. The van der Waals surface area contributed by atoms with Gasteiger partial charge in [-0.05, 0) is 63.4 Å². The Balaban J connectivity index is 1.78. The predicted octanol–water partition coefficient (Wildman–Crippen LogP) is 4.17. The lowest BCUT2D eigenvalue weighted by Crippen LogP contribution is -2.40. The molecule has 0 unspecified atom stereocenters. The van der Waals surface area contributed by atoms with Crippen molar-refractivity contribution in [1.29, 1.82) is 0 Å². The molecule has 172 valence electrons. The van der Waals surface area contributed by atoms with Gasteiger partial charge >= 0.3 is 5.97 Å². The molecule has 2 aromatic rings. The van der Waals surface area contributed by atoms with Gasteiger partial charge < -0.3 is 9.64 Å². The summed E-state index contributed by atoms with van der Waals surface area (Å²) in [6.07, 6.45) is 1.02. The molecule has 9 heteroatoms. The molecule has 1 aliphatic heterocycles. The van der Waals surface area contributed by atoms with Crippen LogP contribution in [0.2, 0.25) is 5.02 Å². The van der Waals surface area contributed by atoms with E-state index in [9.17, 15) is 18.0 Å². The lowest BCUT2D eigenvalue weighted by Gasteiger charge is -2.31. The molecule has 1 aliphatic rings. The number of halogens is 1. The molecule has 2 aromatic carbocycles. The highest BCUT2D eigenvalue weighted by Crippen LogP contribution is 2.28. The third-order valence-corrected chi connectivity index (χ3v) is 7.34. The third-order valence-electron chi connectivity index (χ3n) is 5.50. The first kappa shape index (κ1) is 24.1. The number of piperidine rings is 1. The number of esters is 1. The van der Waals surface area contributed by atoms with Crippen LogP contribution in [0.3, 0.4) is 0 Å². The SMILES string of the molecule is CCOC(=O)C1CCN(C(=O)c2ccc(Cl)c(S(=O)(=O)Nc3ccc(C)cc3C)c2)CC1. The minimum atomic E-state index is -4.01. The number of aryl methyl sites for hydroxylation is 2. The number of nitrogens with zero attached hydrogens (tertiary/aromatic N) is 1. The standard InChI is InChI=1S/C23H27ClN2O5S/c1-4-31-23(28)17-9-11-26(12-10-17)22(27)18-6-7-19(24)21(14-18)32(29,30)25-20-8-5-15(2)13-16(20)3/h5-8,13-14,17,25H,4,9-12H2,1-3H3. The molecule has 0 aromatic heterocycles. The fourth-order valence-electron chi connectivity index (χ4n) is 3.73. The molecular weight excluding hydrogens is 452 g/mol. The molecule has 32 heavy (non-hydrogen) atoms. The van der Waals surface area contributed by atoms with Crippen molar-refractivity contribution in [3.8, 4) is 0 Å². The number of hydrogen-bond acceptors (Lipinski definition) is 5. The van der Waals surface area contributed by atoms with Gasteiger partial charge in [0.25, 0.3) is 15.9 Å². The van der Waals surface area contributed by atoms with Gasteiger partial charge in [-0.1, -0.05) is 29.3 Å². The van der Waals surface area contributed by atoms with E-state index in [0.29, 0.717) is 38.2 Å². The molecule has 1 amide bonds. The first-order valence-corrected chi connectivity index (χ1v) is 12.3. The Bertz CT molecular complexity index is 1130. The maximum Gasteiger partial charge on any atom is 0.309 e. The van der Waals surface area contributed by atoms with E-state index in [1.54, 1.807) is 17.9 Å². The Morgan fingerprint density at radius 3 is 2.44 bits per heavy atom. The molecule has 0 aliphatic carbocycles. The summed E-state index contributed by atoms with van der Waals surface area (Å²) in [7, 11) is -4.01. The van der Waals surface area contributed by atoms with Crippen LogP contribution in [0.5, 0.6) is 0 Å². The van der Waals surface area contributed by atoms with E-state index in [2.05, 4.69) is 4.72 Å². The summed E-state index contributed by atoms with van der Waals surface area (Å²) in [4.78, 5) is 26.4. The quantitative estimate of drug-likeness (QED) is 0.629. The normalized spacial score (nSPS) is 14.8. The smallest absolute Gasteiger partial charge is 0.309 e. The van der Waals surface area contributed by atoms with Crippen molar-refractivity contribution < 1.29 is 22.7 Å². The first-order chi connectivity index (χ1) is 15.1. The van der Waals surface area contributed by atoms with Crippen molar-refractivity contribution in [2.75, 3.05) is 24.4 Å². The average molecular weight is 479 g/mol. The molecule has 0 radical (unpaired) electrons. The molecule has 0 saturated carbocycles. The second-order valence-corrected chi connectivity index (χ2v) is 9.95. The topological polar surface area (TPSA) is 92.8 Å². The van der Waals surface area contributed by atoms with E-state index < -0.39 is 10.0 Å². The van der Waals surface area contributed by atoms with Gasteiger partial charge in [-0.2, -0.15) is 0 Å². The Labute approximate surface area is 193 Å². The molecule has 0 spiro atoms. The first-order valence-electron chi connectivity index (χ1n) is 10.5. The minimum Gasteiger partial charge on any atom is -0.466 e. The summed E-state index contributed by atoms with van der Waals surface area (Å²) < 4.78 is 33.7. The van der Waals surface area contributed by atoms with Crippen LogP contribution in [0.15, 0.2) is 41.3 Å². The minimum absolute atomic E-state index is 0.0276. The number of carbonyl (C=O) groups is 2. The summed E-state index contributed by atoms with van der Waals surface area (Å²) in [5, 5.41) is 0.0276. The highest BCUT2D eigenvalue weighted by Gasteiger charge is 2.29. The number of hydrogen-bond donors (Lipinski definition) is 1. The van der Waals surface area contributed by atoms with E-state index in [1.165, 1.54) is 18.2 Å². The molecular formula is C23H27ClN2O5S. The Hall–Kier alpha value is -2.58. The van der Waals surface area contributed by atoms with Gasteiger partial charge in [0, 0.05) is 18.7 Å². The number of likely N-dealkylation sites (tertiary alicyclic amines) is 1. The molecule has 7 nitrogen and oxygen atoms in total. The highest BCUT2D eigenvalue weighted by molar-refractivity contribution is 7.92. The van der Waals surface area contributed by atoms with Gasteiger partial charge in [0.2, 0.25) is 0 Å². The lowest BCUT2D eigenvalue weighted by molar-refractivity contribution is -0.149. The van der Waals surface area contributed by atoms with E-state index in [-0.39, 0.29) is 33.3 Å². The zero-order valence-corrected chi connectivity index (χ0v) is 19.9. The maximum absolute atomic E-state index is 13.0. The molecule has 1 saturated heterocycles. The van der Waals surface area contributed by atoms with E-state index in [4.69, 9.17) is 16.3 Å². The number of anilines is 1. The Morgan fingerprint density at radius 2 is 1.81 bits per heavy atom. The predicted molar refractivity (Wildman–Crippen MR) is 123 cm³/mol. The van der Waals surface area contributed by atoms with Crippen molar-refractivity contribution in [2.45, 2.75) is 38.5 Å². The number of rotatable bonds is 6. The van der Waals surface area contributed by atoms with Crippen molar-refractivity contribution >= 4 is 39.2 Å². The summed E-state index contributed by atoms with van der Waals surface area (Å²) in [6.45, 7) is 6.62. The monoisotopic (exact) mass is 478 g/mol. The molecule has 3 rings (SSSR count). The largest absolute Gasteiger partial charge is 0.466 e. The fraction of sp³-hybridized carbons (Fsp3) is 0.391. The van der Waals surface area contributed by atoms with E-state index >= 15 is 0 Å². The number of benzene rings is 2. The second kappa shape index (κ2) is 9.92. The Morgan fingerprint density at radius 1 is 1.12 bits per heavy atom. The van der Waals surface area contributed by atoms with Crippen molar-refractivity contribution in [1.82, 2.24) is 4.90 Å². The van der Waals surface area contributed by atoms with Crippen LogP contribution in [0.4, 0.5) is 5.69 Å². The second-order valence-electron chi connectivity index (χ2n) is 7.89. The van der Waals surface area contributed by atoms with Gasteiger partial charge in [-0.15, -0.1) is 0 Å². The number of carbonyl (C=O) groups excluding carboxylic acids is 2. The lowest BCUT2D eigenvalue weighted by atomic mass is 9.96. The summed E-state index contributed by atoms with van der Waals surface area (Å²) in [5.74, 6) is -0.758. The zero-order chi connectivity index (χ0) is 23.5. The van der Waals surface area contributed by atoms with Crippen molar-refractivity contribution in [3.63, 3.8) is 0 Å². The number of nitrogens with one attached hydrogen (secondary N) is 1. The van der Waals surface area contributed by atoms with Gasteiger partial charge in [0.05, 0.1) is 23.2 Å². The van der Waals surface area contributed by atoms with Crippen LogP contribution in [0.1, 0.15) is 41.3 Å². The van der Waals surface area contributed by atoms with Crippen LogP contribution < -0.4 is 4.72 Å². The maximum atomic E-state index is 13.0. The van der Waals surface area contributed by atoms with Crippen molar-refractivity contribution in [3.05, 3.63) is 58.1 Å². The van der Waals surface area contributed by atoms with Crippen LogP contribution in [-0.2, 0) is 19.6 Å². The third kappa shape index (κ3) is 5.42. The van der Waals surface area contributed by atoms with Crippen LogP contribution >= 0.6 is 11.6 Å².